The van der Waals surface area contributed by atoms with E-state index in [1.54, 1.807) is 0 Å². The Hall–Kier alpha value is -0.0800. The molecule has 2 aliphatic rings. The average Bonchev–Trinajstić information content (AvgIpc) is 2.59. The summed E-state index contributed by atoms with van der Waals surface area (Å²) in [5.41, 5.74) is 0. The number of ether oxygens (including phenoxy) is 2. The van der Waals surface area contributed by atoms with Gasteiger partial charge in [-0.15, -0.1) is 0 Å². The quantitative estimate of drug-likeness (QED) is 0.632. The van der Waals surface area contributed by atoms with Gasteiger partial charge < -0.3 is 9.47 Å². The maximum absolute atomic E-state index is 5.93. The molecule has 1 aliphatic heterocycles. The summed E-state index contributed by atoms with van der Waals surface area (Å²) in [6.07, 6.45) is 8.74. The Morgan fingerprint density at radius 3 is 2.42 bits per heavy atom. The van der Waals surface area contributed by atoms with Crippen molar-refractivity contribution in [1.82, 2.24) is 0 Å². The molecule has 0 unspecified atom stereocenters. The van der Waals surface area contributed by atoms with Crippen LogP contribution >= 0.6 is 0 Å². The van der Waals surface area contributed by atoms with Crippen LogP contribution in [0, 0.1) is 0 Å². The molecule has 0 aromatic carbocycles. The van der Waals surface area contributed by atoms with Crippen LogP contribution in [0.1, 0.15) is 38.5 Å². The van der Waals surface area contributed by atoms with Gasteiger partial charge in [0.2, 0.25) is 0 Å². The first-order chi connectivity index (χ1) is 5.95. The highest BCUT2D eigenvalue weighted by atomic mass is 16.5. The topological polar surface area (TPSA) is 18.5 Å². The molecule has 70 valence electrons. The fourth-order valence-electron chi connectivity index (χ4n) is 2.09. The van der Waals surface area contributed by atoms with E-state index in [4.69, 9.17) is 9.47 Å². The van der Waals surface area contributed by atoms with Crippen LogP contribution in [0.5, 0.6) is 0 Å². The molecule has 1 heterocycles. The Bertz CT molecular complexity index is 124. The van der Waals surface area contributed by atoms with Crippen LogP contribution in [0.15, 0.2) is 0 Å². The van der Waals surface area contributed by atoms with Crippen LogP contribution in [0.25, 0.3) is 0 Å². The zero-order valence-corrected chi connectivity index (χ0v) is 7.63. The van der Waals surface area contributed by atoms with Gasteiger partial charge in [-0.2, -0.15) is 0 Å². The molecule has 2 fully saturated rings. The molecule has 1 saturated carbocycles. The van der Waals surface area contributed by atoms with Crippen molar-refractivity contribution in [2.75, 3.05) is 13.2 Å². The smallest absolute Gasteiger partial charge is 0.0834 e. The van der Waals surface area contributed by atoms with Crippen LogP contribution in [0.3, 0.4) is 0 Å². The molecule has 0 N–H and O–H groups in total. The Morgan fingerprint density at radius 2 is 1.75 bits per heavy atom. The molecule has 0 spiro atoms. The molecule has 0 radical (unpaired) electrons. The second-order valence-electron chi connectivity index (χ2n) is 3.88. The minimum absolute atomic E-state index is 0.410. The molecule has 0 amide bonds. The lowest BCUT2D eigenvalue weighted by atomic mass is 9.97. The summed E-state index contributed by atoms with van der Waals surface area (Å²) in [4.78, 5) is 0. The van der Waals surface area contributed by atoms with Crippen molar-refractivity contribution < 1.29 is 9.47 Å². The van der Waals surface area contributed by atoms with Gasteiger partial charge in [-0.1, -0.05) is 19.3 Å². The van der Waals surface area contributed by atoms with Crippen molar-refractivity contribution in [1.29, 1.82) is 0 Å². The van der Waals surface area contributed by atoms with E-state index in [-0.39, 0.29) is 0 Å². The minimum Gasteiger partial charge on any atom is -0.379 e. The van der Waals surface area contributed by atoms with E-state index in [0.717, 1.165) is 19.6 Å². The summed E-state index contributed by atoms with van der Waals surface area (Å²) in [5.74, 6) is 0. The van der Waals surface area contributed by atoms with E-state index >= 15 is 0 Å². The van der Waals surface area contributed by atoms with E-state index in [0.29, 0.717) is 12.2 Å². The van der Waals surface area contributed by atoms with E-state index in [1.807, 2.05) is 0 Å². The summed E-state index contributed by atoms with van der Waals surface area (Å²) in [6, 6.07) is 0. The molecule has 1 aliphatic carbocycles. The van der Waals surface area contributed by atoms with Crippen molar-refractivity contribution in [3.05, 3.63) is 0 Å². The highest BCUT2D eigenvalue weighted by molar-refractivity contribution is 4.70. The Morgan fingerprint density at radius 1 is 0.917 bits per heavy atom. The van der Waals surface area contributed by atoms with Crippen molar-refractivity contribution in [3.63, 3.8) is 0 Å². The van der Waals surface area contributed by atoms with Crippen molar-refractivity contribution in [2.24, 2.45) is 0 Å². The molecule has 2 nitrogen and oxygen atoms in total. The van der Waals surface area contributed by atoms with Crippen LogP contribution in [0.4, 0.5) is 0 Å². The summed E-state index contributed by atoms with van der Waals surface area (Å²) >= 11 is 0. The van der Waals surface area contributed by atoms with Gasteiger partial charge in [0.05, 0.1) is 18.8 Å². The molecule has 0 aromatic heterocycles. The van der Waals surface area contributed by atoms with Gasteiger partial charge in [-0.3, -0.25) is 0 Å². The molecule has 1 atom stereocenters. The molecular weight excluding hydrogens is 152 g/mol. The maximum atomic E-state index is 5.93. The minimum atomic E-state index is 0.410. The highest BCUT2D eigenvalue weighted by Crippen LogP contribution is 2.23. The third kappa shape index (κ3) is 2.20. The molecule has 0 aromatic rings. The summed E-state index contributed by atoms with van der Waals surface area (Å²) in [6.45, 7) is 1.73. The van der Waals surface area contributed by atoms with Gasteiger partial charge in [0, 0.05) is 6.61 Å². The lowest BCUT2D eigenvalue weighted by Crippen LogP contribution is -2.24. The number of hydrogen-bond acceptors (Lipinski definition) is 2. The molecule has 0 bridgehead atoms. The average molecular weight is 170 g/mol. The van der Waals surface area contributed by atoms with Gasteiger partial charge in [-0.25, -0.2) is 0 Å². The van der Waals surface area contributed by atoms with E-state index in [1.165, 1.54) is 32.1 Å². The van der Waals surface area contributed by atoms with E-state index in [2.05, 4.69) is 0 Å². The van der Waals surface area contributed by atoms with Gasteiger partial charge in [0.1, 0.15) is 0 Å². The Labute approximate surface area is 74.2 Å². The standard InChI is InChI=1S/C10H18O2/c1-2-4-9(5-3-1)12-10-6-7-11-8-10/h9-10H,1-8H2/t10-/m1/s1. The third-order valence-corrected chi connectivity index (χ3v) is 2.83. The van der Waals surface area contributed by atoms with E-state index in [9.17, 15) is 0 Å². The lowest BCUT2D eigenvalue weighted by Gasteiger charge is -2.24. The largest absolute Gasteiger partial charge is 0.379 e. The predicted octanol–water partition coefficient (Wildman–Crippen LogP) is 2.12. The molecular formula is C10H18O2. The van der Waals surface area contributed by atoms with Gasteiger partial charge in [0.25, 0.3) is 0 Å². The first-order valence-corrected chi connectivity index (χ1v) is 5.18. The molecule has 12 heavy (non-hydrogen) atoms. The normalized spacial score (nSPS) is 32.5. The van der Waals surface area contributed by atoms with E-state index < -0.39 is 0 Å². The monoisotopic (exact) mass is 170 g/mol. The number of rotatable bonds is 2. The zero-order chi connectivity index (χ0) is 8.23. The SMILES string of the molecule is C1CCC(O[C@@H]2CCOC2)CC1. The van der Waals surface area contributed by atoms with Crippen molar-refractivity contribution >= 4 is 0 Å². The third-order valence-electron chi connectivity index (χ3n) is 2.83. The highest BCUT2D eigenvalue weighted by Gasteiger charge is 2.22. The first-order valence-electron chi connectivity index (χ1n) is 5.18. The summed E-state index contributed by atoms with van der Waals surface area (Å²) in [7, 11) is 0. The first kappa shape index (κ1) is 8.52. The number of hydrogen-bond donors (Lipinski definition) is 0. The fourth-order valence-corrected chi connectivity index (χ4v) is 2.09. The predicted molar refractivity (Wildman–Crippen MR) is 47.2 cm³/mol. The molecule has 1 saturated heterocycles. The zero-order valence-electron chi connectivity index (χ0n) is 7.63. The summed E-state index contributed by atoms with van der Waals surface area (Å²) < 4.78 is 11.2. The van der Waals surface area contributed by atoms with Crippen LogP contribution in [-0.2, 0) is 9.47 Å². The van der Waals surface area contributed by atoms with Crippen LogP contribution in [-0.4, -0.2) is 25.4 Å². The Kier molecular flexibility index (Phi) is 3.01. The lowest BCUT2D eigenvalue weighted by molar-refractivity contribution is -0.0319. The Balaban J connectivity index is 1.69. The van der Waals surface area contributed by atoms with Gasteiger partial charge in [-0.05, 0) is 19.3 Å². The van der Waals surface area contributed by atoms with Crippen LogP contribution in [0.2, 0.25) is 0 Å². The second kappa shape index (κ2) is 4.24. The second-order valence-corrected chi connectivity index (χ2v) is 3.88. The van der Waals surface area contributed by atoms with Gasteiger partial charge >= 0.3 is 0 Å². The van der Waals surface area contributed by atoms with Crippen LogP contribution < -0.4 is 0 Å². The summed E-state index contributed by atoms with van der Waals surface area (Å²) in [5, 5.41) is 0. The fraction of sp³-hybridized carbons (Fsp3) is 1.00. The molecule has 2 rings (SSSR count). The van der Waals surface area contributed by atoms with Gasteiger partial charge in [0.15, 0.2) is 0 Å². The van der Waals surface area contributed by atoms with Crippen molar-refractivity contribution in [2.45, 2.75) is 50.7 Å². The van der Waals surface area contributed by atoms with Crippen molar-refractivity contribution in [3.8, 4) is 0 Å². The maximum Gasteiger partial charge on any atom is 0.0834 e. The molecule has 2 heteroatoms.